The molecule has 0 saturated carbocycles. The number of ether oxygens (including phenoxy) is 3. The highest BCUT2D eigenvalue weighted by Gasteiger charge is 2.18. The largest absolute Gasteiger partial charge is 0.493 e. The number of hydrogen-bond acceptors (Lipinski definition) is 4. The molecule has 1 fully saturated rings. The van der Waals surface area contributed by atoms with Crippen LogP contribution in [-0.4, -0.2) is 32.0 Å². The normalized spacial score (nSPS) is 19.5. The van der Waals surface area contributed by atoms with Gasteiger partial charge in [-0.1, -0.05) is 15.9 Å². The molecule has 5 heteroatoms. The number of methoxy groups -OCH3 is 2. The van der Waals surface area contributed by atoms with Crippen LogP contribution in [0, 0.1) is 0 Å². The lowest BCUT2D eigenvalue weighted by Gasteiger charge is -2.17. The highest BCUT2D eigenvalue weighted by molar-refractivity contribution is 9.10. The summed E-state index contributed by atoms with van der Waals surface area (Å²) in [6, 6.07) is 3.66. The van der Waals surface area contributed by atoms with Crippen molar-refractivity contribution in [2.75, 3.05) is 20.8 Å². The highest BCUT2D eigenvalue weighted by Crippen LogP contribution is 2.37. The Kier molecular flexibility index (Phi) is 6.33. The van der Waals surface area contributed by atoms with Crippen molar-refractivity contribution >= 4 is 15.9 Å². The van der Waals surface area contributed by atoms with Crippen LogP contribution < -0.4 is 9.47 Å². The van der Waals surface area contributed by atoms with Gasteiger partial charge in [0.25, 0.3) is 0 Å². The standard InChI is InChI=1S/C16H23BrO4/c1-19-15-9-12(13(17)10-16(15)20-2)14(18)7-3-5-11-6-4-8-21-11/h9-11,14,18H,3-8H2,1-2H3. The molecule has 1 aromatic rings. The molecule has 2 rings (SSSR count). The average molecular weight is 359 g/mol. The zero-order valence-corrected chi connectivity index (χ0v) is 14.2. The van der Waals surface area contributed by atoms with Crippen LogP contribution in [0.4, 0.5) is 0 Å². The van der Waals surface area contributed by atoms with Gasteiger partial charge in [0, 0.05) is 11.1 Å². The summed E-state index contributed by atoms with van der Waals surface area (Å²) in [5.41, 5.74) is 0.833. The minimum Gasteiger partial charge on any atom is -0.493 e. The van der Waals surface area contributed by atoms with E-state index in [1.807, 2.05) is 12.1 Å². The molecule has 118 valence electrons. The quantitative estimate of drug-likeness (QED) is 0.804. The topological polar surface area (TPSA) is 47.9 Å². The SMILES string of the molecule is COc1cc(Br)c(C(O)CCCC2CCCO2)cc1OC. The number of aliphatic hydroxyl groups is 1. The highest BCUT2D eigenvalue weighted by atomic mass is 79.9. The summed E-state index contributed by atoms with van der Waals surface area (Å²) in [5, 5.41) is 10.4. The second-order valence-corrected chi connectivity index (χ2v) is 6.16. The lowest BCUT2D eigenvalue weighted by atomic mass is 10.0. The lowest BCUT2D eigenvalue weighted by Crippen LogP contribution is -2.06. The van der Waals surface area contributed by atoms with E-state index < -0.39 is 6.10 Å². The van der Waals surface area contributed by atoms with E-state index in [-0.39, 0.29) is 0 Å². The van der Waals surface area contributed by atoms with Crippen molar-refractivity contribution < 1.29 is 19.3 Å². The third-order valence-corrected chi connectivity index (χ3v) is 4.58. The van der Waals surface area contributed by atoms with Gasteiger partial charge >= 0.3 is 0 Å². The maximum atomic E-state index is 10.4. The van der Waals surface area contributed by atoms with Crippen LogP contribution in [0.5, 0.6) is 11.5 Å². The van der Waals surface area contributed by atoms with Crippen LogP contribution in [0.15, 0.2) is 16.6 Å². The number of hydrogen-bond donors (Lipinski definition) is 1. The molecule has 21 heavy (non-hydrogen) atoms. The Bertz CT molecular complexity index is 458. The summed E-state index contributed by atoms with van der Waals surface area (Å²) in [6.45, 7) is 0.883. The molecule has 0 spiro atoms. The van der Waals surface area contributed by atoms with Gasteiger partial charge in [0.2, 0.25) is 0 Å². The fourth-order valence-corrected chi connectivity index (χ4v) is 3.28. The summed E-state index contributed by atoms with van der Waals surface area (Å²) in [5.74, 6) is 1.29. The zero-order valence-electron chi connectivity index (χ0n) is 12.6. The van der Waals surface area contributed by atoms with Crippen LogP contribution in [0.25, 0.3) is 0 Å². The van der Waals surface area contributed by atoms with Gasteiger partial charge in [-0.2, -0.15) is 0 Å². The zero-order chi connectivity index (χ0) is 15.2. The Balaban J connectivity index is 1.95. The van der Waals surface area contributed by atoms with Gasteiger partial charge in [-0.25, -0.2) is 0 Å². The number of aliphatic hydroxyl groups excluding tert-OH is 1. The fraction of sp³-hybridized carbons (Fsp3) is 0.625. The smallest absolute Gasteiger partial charge is 0.161 e. The van der Waals surface area contributed by atoms with E-state index in [9.17, 15) is 5.11 Å². The molecule has 0 radical (unpaired) electrons. The maximum absolute atomic E-state index is 10.4. The lowest BCUT2D eigenvalue weighted by molar-refractivity contribution is 0.0943. The van der Waals surface area contributed by atoms with Gasteiger partial charge in [-0.15, -0.1) is 0 Å². The maximum Gasteiger partial charge on any atom is 0.161 e. The monoisotopic (exact) mass is 358 g/mol. The molecule has 1 aliphatic rings. The summed E-state index contributed by atoms with van der Waals surface area (Å²) >= 11 is 3.49. The molecular formula is C16H23BrO4. The summed E-state index contributed by atoms with van der Waals surface area (Å²) in [7, 11) is 3.20. The Morgan fingerprint density at radius 3 is 2.67 bits per heavy atom. The molecule has 1 aromatic carbocycles. The van der Waals surface area contributed by atoms with Crippen LogP contribution in [0.1, 0.15) is 43.8 Å². The van der Waals surface area contributed by atoms with Crippen molar-refractivity contribution in [3.05, 3.63) is 22.2 Å². The third kappa shape index (κ3) is 4.34. The molecule has 2 atom stereocenters. The van der Waals surface area contributed by atoms with E-state index in [2.05, 4.69) is 15.9 Å². The summed E-state index contributed by atoms with van der Waals surface area (Å²) in [6.07, 6.45) is 4.86. The van der Waals surface area contributed by atoms with E-state index in [4.69, 9.17) is 14.2 Å². The molecule has 4 nitrogen and oxygen atoms in total. The molecule has 0 aromatic heterocycles. The van der Waals surface area contributed by atoms with Crippen molar-refractivity contribution in [3.8, 4) is 11.5 Å². The Morgan fingerprint density at radius 2 is 2.05 bits per heavy atom. The van der Waals surface area contributed by atoms with Crippen LogP contribution in [0.2, 0.25) is 0 Å². The predicted molar refractivity (Wildman–Crippen MR) is 85.0 cm³/mol. The van der Waals surface area contributed by atoms with Crippen LogP contribution in [0.3, 0.4) is 0 Å². The third-order valence-electron chi connectivity index (χ3n) is 3.89. The second-order valence-electron chi connectivity index (χ2n) is 5.31. The fourth-order valence-electron chi connectivity index (χ4n) is 2.69. The molecule has 0 bridgehead atoms. The van der Waals surface area contributed by atoms with E-state index in [0.29, 0.717) is 24.0 Å². The van der Waals surface area contributed by atoms with Crippen molar-refractivity contribution in [2.45, 2.75) is 44.3 Å². The minimum absolute atomic E-state index is 0.381. The first kappa shape index (κ1) is 16.6. The first-order valence-electron chi connectivity index (χ1n) is 7.36. The van der Waals surface area contributed by atoms with Crippen molar-refractivity contribution in [3.63, 3.8) is 0 Å². The first-order chi connectivity index (χ1) is 10.2. The van der Waals surface area contributed by atoms with Gasteiger partial charge in [-0.05, 0) is 49.8 Å². The predicted octanol–water partition coefficient (Wildman–Crippen LogP) is 3.85. The van der Waals surface area contributed by atoms with Crippen LogP contribution >= 0.6 is 15.9 Å². The van der Waals surface area contributed by atoms with E-state index in [1.54, 1.807) is 14.2 Å². The van der Waals surface area contributed by atoms with E-state index in [1.165, 1.54) is 0 Å². The van der Waals surface area contributed by atoms with E-state index in [0.717, 1.165) is 42.3 Å². The van der Waals surface area contributed by atoms with Gasteiger partial charge in [0.15, 0.2) is 11.5 Å². The number of halogens is 1. The number of benzene rings is 1. The minimum atomic E-state index is -0.513. The van der Waals surface area contributed by atoms with Gasteiger partial charge in [-0.3, -0.25) is 0 Å². The second kappa shape index (κ2) is 8.01. The van der Waals surface area contributed by atoms with E-state index >= 15 is 0 Å². The van der Waals surface area contributed by atoms with Gasteiger partial charge in [0.1, 0.15) is 0 Å². The molecule has 0 aliphatic carbocycles. The van der Waals surface area contributed by atoms with Crippen LogP contribution in [-0.2, 0) is 4.74 Å². The van der Waals surface area contributed by atoms with Crippen molar-refractivity contribution in [1.29, 1.82) is 0 Å². The van der Waals surface area contributed by atoms with Crippen molar-refractivity contribution in [2.24, 2.45) is 0 Å². The number of rotatable bonds is 7. The Labute approximate surface area is 134 Å². The Hall–Kier alpha value is -0.780. The summed E-state index contributed by atoms with van der Waals surface area (Å²) in [4.78, 5) is 0. The molecule has 1 saturated heterocycles. The first-order valence-corrected chi connectivity index (χ1v) is 8.16. The van der Waals surface area contributed by atoms with Gasteiger partial charge in [0.05, 0.1) is 26.4 Å². The Morgan fingerprint density at radius 1 is 1.33 bits per heavy atom. The van der Waals surface area contributed by atoms with Crippen molar-refractivity contribution in [1.82, 2.24) is 0 Å². The molecular weight excluding hydrogens is 336 g/mol. The van der Waals surface area contributed by atoms with Gasteiger partial charge < -0.3 is 19.3 Å². The molecule has 1 N–H and O–H groups in total. The molecule has 1 heterocycles. The molecule has 1 aliphatic heterocycles. The summed E-state index contributed by atoms with van der Waals surface area (Å²) < 4.78 is 17.0. The molecule has 0 amide bonds. The molecule has 2 unspecified atom stereocenters. The average Bonchev–Trinajstić information content (AvgIpc) is 3.00.